The lowest BCUT2D eigenvalue weighted by atomic mass is 10.1. The van der Waals surface area contributed by atoms with Crippen molar-refractivity contribution in [1.82, 2.24) is 0 Å². The van der Waals surface area contributed by atoms with Crippen molar-refractivity contribution in [3.8, 4) is 0 Å². The van der Waals surface area contributed by atoms with Gasteiger partial charge in [0.15, 0.2) is 0 Å². The van der Waals surface area contributed by atoms with Crippen LogP contribution in [0.25, 0.3) is 0 Å². The van der Waals surface area contributed by atoms with E-state index in [-0.39, 0.29) is 23.0 Å². The van der Waals surface area contributed by atoms with Crippen LogP contribution in [-0.2, 0) is 14.0 Å². The van der Waals surface area contributed by atoms with Crippen LogP contribution in [0.2, 0.25) is 5.04 Å². The van der Waals surface area contributed by atoms with Crippen molar-refractivity contribution < 1.29 is 14.0 Å². The monoisotopic (exact) mass is 396 g/mol. The second-order valence-electron chi connectivity index (χ2n) is 8.23. The number of rotatable bonds is 7. The van der Waals surface area contributed by atoms with E-state index in [1.165, 1.54) is 23.6 Å². The van der Waals surface area contributed by atoms with Gasteiger partial charge in [0.25, 0.3) is 8.32 Å². The van der Waals surface area contributed by atoms with Gasteiger partial charge in [-0.05, 0) is 28.3 Å². The molecule has 0 aliphatic carbocycles. The van der Waals surface area contributed by atoms with Crippen LogP contribution in [0, 0.1) is 5.92 Å². The summed E-state index contributed by atoms with van der Waals surface area (Å²) < 4.78 is 11.8. The van der Waals surface area contributed by atoms with Gasteiger partial charge in [0, 0.05) is 12.2 Å². The molecule has 0 bridgehead atoms. The molecular weight excluding hydrogens is 364 g/mol. The van der Waals surface area contributed by atoms with Crippen LogP contribution in [0.4, 0.5) is 0 Å². The SMILES string of the molecule is COC(=O)/C=C/[C@H](C)[C@@H](C)O[Si](c1ccccc1)(c1ccccc1)C(C)(C)C. The van der Waals surface area contributed by atoms with E-state index >= 15 is 0 Å². The smallest absolute Gasteiger partial charge is 0.330 e. The van der Waals surface area contributed by atoms with Gasteiger partial charge in [-0.15, -0.1) is 0 Å². The number of hydrogen-bond acceptors (Lipinski definition) is 3. The highest BCUT2D eigenvalue weighted by Gasteiger charge is 2.51. The third-order valence-electron chi connectivity index (χ3n) is 5.26. The van der Waals surface area contributed by atoms with Crippen LogP contribution in [0.1, 0.15) is 34.6 Å². The maximum absolute atomic E-state index is 11.5. The Balaban J connectivity index is 2.52. The van der Waals surface area contributed by atoms with Crippen molar-refractivity contribution in [2.24, 2.45) is 5.92 Å². The third-order valence-corrected chi connectivity index (χ3v) is 10.4. The van der Waals surface area contributed by atoms with E-state index in [9.17, 15) is 4.79 Å². The first kappa shape index (κ1) is 22.1. The molecule has 0 unspecified atom stereocenters. The lowest BCUT2D eigenvalue weighted by Crippen LogP contribution is -2.67. The highest BCUT2D eigenvalue weighted by atomic mass is 28.4. The van der Waals surface area contributed by atoms with Crippen molar-refractivity contribution in [3.63, 3.8) is 0 Å². The summed E-state index contributed by atoms with van der Waals surface area (Å²) in [5.41, 5.74) is 0. The summed E-state index contributed by atoms with van der Waals surface area (Å²) in [5, 5.41) is 2.44. The molecule has 2 aromatic rings. The summed E-state index contributed by atoms with van der Waals surface area (Å²) in [7, 11) is -1.20. The van der Waals surface area contributed by atoms with Crippen molar-refractivity contribution in [1.29, 1.82) is 0 Å². The van der Waals surface area contributed by atoms with Crippen molar-refractivity contribution in [2.75, 3.05) is 7.11 Å². The highest BCUT2D eigenvalue weighted by Crippen LogP contribution is 2.38. The van der Waals surface area contributed by atoms with Gasteiger partial charge in [-0.2, -0.15) is 0 Å². The van der Waals surface area contributed by atoms with Crippen LogP contribution < -0.4 is 10.4 Å². The maximum atomic E-state index is 11.5. The molecule has 150 valence electrons. The van der Waals surface area contributed by atoms with E-state index in [4.69, 9.17) is 9.16 Å². The molecule has 4 heteroatoms. The molecule has 0 saturated heterocycles. The van der Waals surface area contributed by atoms with Gasteiger partial charge in [-0.3, -0.25) is 0 Å². The normalized spacial score (nSPS) is 14.6. The third kappa shape index (κ3) is 4.81. The number of ether oxygens (including phenoxy) is 1. The Hall–Kier alpha value is -2.17. The maximum Gasteiger partial charge on any atom is 0.330 e. The van der Waals surface area contributed by atoms with Crippen molar-refractivity contribution in [2.45, 2.75) is 45.8 Å². The van der Waals surface area contributed by atoms with Gasteiger partial charge in [0.2, 0.25) is 0 Å². The van der Waals surface area contributed by atoms with Crippen molar-refractivity contribution in [3.05, 3.63) is 72.8 Å². The molecule has 2 atom stereocenters. The summed E-state index contributed by atoms with van der Waals surface area (Å²) in [5.74, 6) is -0.273. The minimum absolute atomic E-state index is 0.0628. The second kappa shape index (κ2) is 9.35. The predicted octanol–water partition coefficient (Wildman–Crippen LogP) is 4.32. The van der Waals surface area contributed by atoms with E-state index < -0.39 is 8.32 Å². The van der Waals surface area contributed by atoms with Crippen LogP contribution in [0.5, 0.6) is 0 Å². The largest absolute Gasteiger partial charge is 0.466 e. The topological polar surface area (TPSA) is 35.5 Å². The Morgan fingerprint density at radius 2 is 1.39 bits per heavy atom. The standard InChI is InChI=1S/C24H32O3Si/c1-19(17-18-23(25)26-6)20(2)27-28(24(3,4)5,21-13-9-7-10-14-21)22-15-11-8-12-16-22/h7-20H,1-6H3/b18-17+/t19-,20+/m0/s1. The molecule has 0 fully saturated rings. The quantitative estimate of drug-likeness (QED) is 0.397. The number of carbonyl (C=O) groups is 1. The molecule has 0 aliphatic rings. The second-order valence-corrected chi connectivity index (χ2v) is 12.5. The molecule has 28 heavy (non-hydrogen) atoms. The highest BCUT2D eigenvalue weighted by molar-refractivity contribution is 6.99. The number of benzene rings is 2. The molecule has 2 aromatic carbocycles. The summed E-state index contributed by atoms with van der Waals surface area (Å²) in [6.45, 7) is 11.0. The van der Waals surface area contributed by atoms with Crippen LogP contribution in [0.15, 0.2) is 72.8 Å². The first-order chi connectivity index (χ1) is 13.2. The Kier molecular flexibility index (Phi) is 7.39. The first-order valence-corrected chi connectivity index (χ1v) is 11.7. The molecule has 2 rings (SSSR count). The summed E-state index contributed by atoms with van der Waals surface area (Å²) in [6, 6.07) is 21.2. The first-order valence-electron chi connectivity index (χ1n) is 9.77. The number of hydrogen-bond donors (Lipinski definition) is 0. The van der Waals surface area contributed by atoms with Crippen LogP contribution in [-0.4, -0.2) is 27.5 Å². The molecule has 0 N–H and O–H groups in total. The van der Waals surface area contributed by atoms with E-state index in [2.05, 4.69) is 83.1 Å². The summed E-state index contributed by atoms with van der Waals surface area (Å²) >= 11 is 0. The minimum atomic E-state index is -2.59. The molecule has 0 spiro atoms. The fourth-order valence-electron chi connectivity index (χ4n) is 3.53. The zero-order valence-electron chi connectivity index (χ0n) is 17.8. The number of methoxy groups -OCH3 is 1. The molecule has 0 radical (unpaired) electrons. The van der Waals surface area contributed by atoms with E-state index in [1.807, 2.05) is 18.2 Å². The number of esters is 1. The zero-order valence-corrected chi connectivity index (χ0v) is 18.8. The van der Waals surface area contributed by atoms with Gasteiger partial charge >= 0.3 is 5.97 Å². The van der Waals surface area contributed by atoms with E-state index in [0.29, 0.717) is 0 Å². The van der Waals surface area contributed by atoms with Gasteiger partial charge in [-0.25, -0.2) is 4.79 Å². The summed E-state index contributed by atoms with van der Waals surface area (Å²) in [6.07, 6.45) is 3.29. The van der Waals surface area contributed by atoms with Crippen molar-refractivity contribution >= 4 is 24.7 Å². The Labute approximate surface area is 170 Å². The average molecular weight is 397 g/mol. The Morgan fingerprint density at radius 3 is 1.79 bits per heavy atom. The lowest BCUT2D eigenvalue weighted by molar-refractivity contribution is -0.134. The van der Waals surface area contributed by atoms with Gasteiger partial charge in [0.1, 0.15) is 0 Å². The van der Waals surface area contributed by atoms with Crippen LogP contribution in [0.3, 0.4) is 0 Å². The lowest BCUT2D eigenvalue weighted by Gasteiger charge is -2.45. The molecule has 0 saturated carbocycles. The molecule has 0 aliphatic heterocycles. The van der Waals surface area contributed by atoms with E-state index in [0.717, 1.165) is 0 Å². The molecule has 3 nitrogen and oxygen atoms in total. The molecule has 0 aromatic heterocycles. The zero-order chi connectivity index (χ0) is 20.8. The average Bonchev–Trinajstić information content (AvgIpc) is 2.70. The van der Waals surface area contributed by atoms with Gasteiger partial charge in [-0.1, -0.05) is 94.4 Å². The predicted molar refractivity (Wildman–Crippen MR) is 118 cm³/mol. The fraction of sp³-hybridized carbons (Fsp3) is 0.375. The van der Waals surface area contributed by atoms with Gasteiger partial charge < -0.3 is 9.16 Å². The number of carbonyl (C=O) groups excluding carboxylic acids is 1. The molecule has 0 amide bonds. The molecular formula is C24H32O3Si. The van der Waals surface area contributed by atoms with E-state index in [1.54, 1.807) is 0 Å². The van der Waals surface area contributed by atoms with Crippen LogP contribution >= 0.6 is 0 Å². The fourth-order valence-corrected chi connectivity index (χ4v) is 8.32. The molecule has 0 heterocycles. The summed E-state index contributed by atoms with van der Waals surface area (Å²) in [4.78, 5) is 11.5. The Morgan fingerprint density at radius 1 is 0.929 bits per heavy atom. The van der Waals surface area contributed by atoms with Gasteiger partial charge in [0.05, 0.1) is 7.11 Å². The Bertz CT molecular complexity index is 739. The minimum Gasteiger partial charge on any atom is -0.466 e.